The Hall–Kier alpha value is -2.90. The number of aliphatic hydroxyl groups excluding tert-OH is 1. The SMILES string of the molecule is O=c1c2ccccc2c(-c2cccs2)nn1CC(O)c1ccc(F)cc1F. The maximum Gasteiger partial charge on any atom is 0.274 e. The summed E-state index contributed by atoms with van der Waals surface area (Å²) in [5, 5.41) is 17.9. The summed E-state index contributed by atoms with van der Waals surface area (Å²) in [6.07, 6.45) is -1.34. The molecule has 0 saturated carbocycles. The van der Waals surface area contributed by atoms with Gasteiger partial charge in [-0.05, 0) is 23.6 Å². The first-order chi connectivity index (χ1) is 13.0. The lowest BCUT2D eigenvalue weighted by Crippen LogP contribution is -2.27. The molecular formula is C20H14F2N2O2S. The van der Waals surface area contributed by atoms with E-state index in [1.165, 1.54) is 17.4 Å². The second kappa shape index (κ2) is 7.02. The monoisotopic (exact) mass is 384 g/mol. The summed E-state index contributed by atoms with van der Waals surface area (Å²) in [6, 6.07) is 13.8. The molecule has 2 aromatic carbocycles. The van der Waals surface area contributed by atoms with Gasteiger partial charge in [0.05, 0.1) is 16.8 Å². The average Bonchev–Trinajstić information content (AvgIpc) is 3.18. The number of aromatic nitrogens is 2. The Kier molecular flexibility index (Phi) is 4.55. The van der Waals surface area contributed by atoms with Crippen molar-refractivity contribution in [1.82, 2.24) is 9.78 Å². The van der Waals surface area contributed by atoms with E-state index >= 15 is 0 Å². The summed E-state index contributed by atoms with van der Waals surface area (Å²) in [7, 11) is 0. The van der Waals surface area contributed by atoms with Crippen LogP contribution >= 0.6 is 11.3 Å². The van der Waals surface area contributed by atoms with Crippen LogP contribution in [0.25, 0.3) is 21.3 Å². The molecule has 0 saturated heterocycles. The molecule has 0 aliphatic carbocycles. The maximum atomic E-state index is 14.0. The van der Waals surface area contributed by atoms with E-state index < -0.39 is 17.7 Å². The summed E-state index contributed by atoms with van der Waals surface area (Å²) in [4.78, 5) is 13.7. The first-order valence-corrected chi connectivity index (χ1v) is 9.09. The smallest absolute Gasteiger partial charge is 0.274 e. The molecule has 4 rings (SSSR count). The van der Waals surface area contributed by atoms with Crippen LogP contribution in [0.1, 0.15) is 11.7 Å². The Morgan fingerprint density at radius 3 is 2.56 bits per heavy atom. The molecular weight excluding hydrogens is 370 g/mol. The third-order valence-corrected chi connectivity index (χ3v) is 5.17. The lowest BCUT2D eigenvalue weighted by atomic mass is 10.1. The van der Waals surface area contributed by atoms with Gasteiger partial charge in [0.1, 0.15) is 23.4 Å². The molecule has 0 spiro atoms. The lowest BCUT2D eigenvalue weighted by molar-refractivity contribution is 0.145. The Bertz CT molecular complexity index is 1170. The van der Waals surface area contributed by atoms with Gasteiger partial charge in [0.2, 0.25) is 0 Å². The molecule has 0 radical (unpaired) electrons. The topological polar surface area (TPSA) is 55.1 Å². The molecule has 2 heterocycles. The van der Waals surface area contributed by atoms with E-state index in [0.717, 1.165) is 15.6 Å². The zero-order valence-electron chi connectivity index (χ0n) is 14.0. The number of aliphatic hydroxyl groups is 1. The van der Waals surface area contributed by atoms with Crippen LogP contribution in [-0.4, -0.2) is 14.9 Å². The van der Waals surface area contributed by atoms with Gasteiger partial charge in [-0.1, -0.05) is 30.3 Å². The number of rotatable bonds is 4. The molecule has 4 nitrogen and oxygen atoms in total. The van der Waals surface area contributed by atoms with E-state index in [-0.39, 0.29) is 17.7 Å². The van der Waals surface area contributed by atoms with Crippen molar-refractivity contribution in [2.24, 2.45) is 0 Å². The minimum Gasteiger partial charge on any atom is -0.386 e. The van der Waals surface area contributed by atoms with E-state index in [1.807, 2.05) is 29.6 Å². The van der Waals surface area contributed by atoms with Crippen molar-refractivity contribution in [1.29, 1.82) is 0 Å². The second-order valence-electron chi connectivity index (χ2n) is 6.04. The fourth-order valence-electron chi connectivity index (χ4n) is 2.99. The molecule has 1 N–H and O–H groups in total. The van der Waals surface area contributed by atoms with Crippen molar-refractivity contribution < 1.29 is 13.9 Å². The van der Waals surface area contributed by atoms with Crippen molar-refractivity contribution in [2.45, 2.75) is 12.6 Å². The number of hydrogen-bond donors (Lipinski definition) is 1. The van der Waals surface area contributed by atoms with Crippen molar-refractivity contribution in [2.75, 3.05) is 0 Å². The lowest BCUT2D eigenvalue weighted by Gasteiger charge is -2.15. The van der Waals surface area contributed by atoms with Crippen LogP contribution in [0.2, 0.25) is 0 Å². The van der Waals surface area contributed by atoms with Crippen LogP contribution < -0.4 is 5.56 Å². The van der Waals surface area contributed by atoms with Gasteiger partial charge in [-0.3, -0.25) is 4.79 Å². The minimum absolute atomic E-state index is 0.0871. The van der Waals surface area contributed by atoms with Crippen LogP contribution in [0.15, 0.2) is 64.8 Å². The fourth-order valence-corrected chi connectivity index (χ4v) is 3.71. The summed E-state index contributed by atoms with van der Waals surface area (Å²) < 4.78 is 28.2. The Morgan fingerprint density at radius 1 is 1.07 bits per heavy atom. The molecule has 1 unspecified atom stereocenters. The number of benzene rings is 2. The van der Waals surface area contributed by atoms with Crippen molar-refractivity contribution >= 4 is 22.1 Å². The van der Waals surface area contributed by atoms with Gasteiger partial charge in [-0.25, -0.2) is 13.5 Å². The predicted octanol–water partition coefficient (Wildman–Crippen LogP) is 4.14. The summed E-state index contributed by atoms with van der Waals surface area (Å²) in [5.74, 6) is -1.60. The average molecular weight is 384 g/mol. The predicted molar refractivity (Wildman–Crippen MR) is 101 cm³/mol. The Balaban J connectivity index is 1.82. The molecule has 0 fully saturated rings. The van der Waals surface area contributed by atoms with Crippen LogP contribution in [0, 0.1) is 11.6 Å². The van der Waals surface area contributed by atoms with Crippen LogP contribution in [0.4, 0.5) is 8.78 Å². The van der Waals surface area contributed by atoms with Crippen LogP contribution in [-0.2, 0) is 6.54 Å². The molecule has 0 aliphatic rings. The van der Waals surface area contributed by atoms with E-state index in [0.29, 0.717) is 22.5 Å². The van der Waals surface area contributed by atoms with Gasteiger partial charge in [0.15, 0.2) is 0 Å². The van der Waals surface area contributed by atoms with Crippen LogP contribution in [0.3, 0.4) is 0 Å². The molecule has 7 heteroatoms. The van der Waals surface area contributed by atoms with Gasteiger partial charge >= 0.3 is 0 Å². The number of fused-ring (bicyclic) bond motifs is 1. The Morgan fingerprint density at radius 2 is 1.85 bits per heavy atom. The minimum atomic E-state index is -1.34. The number of thiophene rings is 1. The Labute approximate surface area is 157 Å². The maximum absolute atomic E-state index is 14.0. The standard InChI is InChI=1S/C20H14F2N2O2S/c21-12-7-8-15(16(22)10-12)17(25)11-24-20(26)14-5-2-1-4-13(14)19(23-24)18-6-3-9-27-18/h1-10,17,25H,11H2. The zero-order chi connectivity index (χ0) is 19.0. The first-order valence-electron chi connectivity index (χ1n) is 8.21. The fraction of sp³-hybridized carbons (Fsp3) is 0.100. The zero-order valence-corrected chi connectivity index (χ0v) is 14.8. The molecule has 0 aliphatic heterocycles. The molecule has 136 valence electrons. The molecule has 27 heavy (non-hydrogen) atoms. The van der Waals surface area contributed by atoms with Gasteiger partial charge < -0.3 is 5.11 Å². The van der Waals surface area contributed by atoms with E-state index in [1.54, 1.807) is 12.1 Å². The van der Waals surface area contributed by atoms with Gasteiger partial charge in [-0.2, -0.15) is 5.10 Å². The summed E-state index contributed by atoms with van der Waals surface area (Å²) in [6.45, 7) is -0.245. The van der Waals surface area contributed by atoms with E-state index in [4.69, 9.17) is 0 Å². The number of nitrogens with zero attached hydrogens (tertiary/aromatic N) is 2. The highest BCUT2D eigenvalue weighted by Crippen LogP contribution is 2.28. The van der Waals surface area contributed by atoms with Gasteiger partial charge in [-0.15, -0.1) is 11.3 Å². The van der Waals surface area contributed by atoms with Gasteiger partial charge in [0.25, 0.3) is 5.56 Å². The quantitative estimate of drug-likeness (QED) is 0.575. The van der Waals surface area contributed by atoms with Crippen molar-refractivity contribution in [3.05, 3.63) is 87.5 Å². The highest BCUT2D eigenvalue weighted by atomic mass is 32.1. The molecule has 4 aromatic rings. The largest absolute Gasteiger partial charge is 0.386 e. The molecule has 1 atom stereocenters. The van der Waals surface area contributed by atoms with Gasteiger partial charge in [0, 0.05) is 17.0 Å². The van der Waals surface area contributed by atoms with Crippen molar-refractivity contribution in [3.8, 4) is 10.6 Å². The first kappa shape index (κ1) is 17.5. The molecule has 0 amide bonds. The summed E-state index contributed by atoms with van der Waals surface area (Å²) in [5.41, 5.74) is 0.149. The summed E-state index contributed by atoms with van der Waals surface area (Å²) >= 11 is 1.48. The normalized spacial score (nSPS) is 12.4. The van der Waals surface area contributed by atoms with Crippen LogP contribution in [0.5, 0.6) is 0 Å². The molecule has 2 aromatic heterocycles. The highest BCUT2D eigenvalue weighted by Gasteiger charge is 2.18. The van der Waals surface area contributed by atoms with E-state index in [2.05, 4.69) is 5.10 Å². The highest BCUT2D eigenvalue weighted by molar-refractivity contribution is 7.13. The second-order valence-corrected chi connectivity index (χ2v) is 6.99. The third kappa shape index (κ3) is 3.27. The number of hydrogen-bond acceptors (Lipinski definition) is 4. The van der Waals surface area contributed by atoms with Crippen molar-refractivity contribution in [3.63, 3.8) is 0 Å². The molecule has 0 bridgehead atoms. The number of halogens is 2. The van der Waals surface area contributed by atoms with E-state index in [9.17, 15) is 18.7 Å². The third-order valence-electron chi connectivity index (χ3n) is 4.29.